The summed E-state index contributed by atoms with van der Waals surface area (Å²) in [5.74, 6) is -2.19. The molecule has 2 heterocycles. The standard InChI is InChI=1S/C24H37N5O6/c1-23(2)13-11-29(21(33)17(35-22(26)34)24(3)7-4-5-8-24)16(15(13)23)20(32)28-14(18(25)30)10-12-6-9-27-19(12)31/h12-17H,4-11H2,1-3H3,(H2,25,30)(H2,26,34)(H,27,31)(H,28,32)/t12-,13-,14-,15-,16-,17+/m0/s1. The summed E-state index contributed by atoms with van der Waals surface area (Å²) in [6.45, 7) is 6.89. The fraction of sp³-hybridized carbons (Fsp3) is 0.792. The topological polar surface area (TPSA) is 174 Å². The van der Waals surface area contributed by atoms with Crippen LogP contribution in [0.15, 0.2) is 0 Å². The maximum atomic E-state index is 13.8. The molecule has 0 radical (unpaired) electrons. The van der Waals surface area contributed by atoms with Crippen molar-refractivity contribution in [2.75, 3.05) is 13.1 Å². The first-order valence-electron chi connectivity index (χ1n) is 12.5. The molecule has 0 aromatic heterocycles. The monoisotopic (exact) mass is 491 g/mol. The van der Waals surface area contributed by atoms with Crippen LogP contribution in [0.25, 0.3) is 0 Å². The van der Waals surface area contributed by atoms with Crippen LogP contribution in [-0.4, -0.2) is 65.9 Å². The van der Waals surface area contributed by atoms with E-state index in [1.165, 1.54) is 4.90 Å². The molecule has 2 saturated heterocycles. The molecule has 2 aliphatic heterocycles. The fourth-order valence-corrected chi connectivity index (χ4v) is 6.67. The third-order valence-corrected chi connectivity index (χ3v) is 8.94. The Morgan fingerprint density at radius 1 is 1.17 bits per heavy atom. The quantitative estimate of drug-likeness (QED) is 0.372. The minimum atomic E-state index is -1.08. The van der Waals surface area contributed by atoms with Crippen molar-refractivity contribution < 1.29 is 28.7 Å². The summed E-state index contributed by atoms with van der Waals surface area (Å²) in [5.41, 5.74) is 10.2. The van der Waals surface area contributed by atoms with Crippen molar-refractivity contribution in [1.29, 1.82) is 0 Å². The Balaban J connectivity index is 1.55. The van der Waals surface area contributed by atoms with Crippen LogP contribution in [-0.2, 0) is 23.9 Å². The van der Waals surface area contributed by atoms with Gasteiger partial charge in [-0.1, -0.05) is 33.6 Å². The van der Waals surface area contributed by atoms with Crippen LogP contribution in [0.4, 0.5) is 4.79 Å². The van der Waals surface area contributed by atoms with Gasteiger partial charge in [0.1, 0.15) is 12.1 Å². The zero-order valence-corrected chi connectivity index (χ0v) is 20.7. The van der Waals surface area contributed by atoms with Crippen molar-refractivity contribution in [2.24, 2.45) is 40.1 Å². The predicted molar refractivity (Wildman–Crippen MR) is 124 cm³/mol. The van der Waals surface area contributed by atoms with Gasteiger partial charge in [0.2, 0.25) is 17.7 Å². The van der Waals surface area contributed by atoms with Gasteiger partial charge in [-0.15, -0.1) is 0 Å². The smallest absolute Gasteiger partial charge is 0.405 e. The molecule has 11 heteroatoms. The molecule has 2 saturated carbocycles. The molecular formula is C24H37N5O6. The second kappa shape index (κ2) is 8.98. The second-order valence-electron chi connectivity index (χ2n) is 11.5. The SMILES string of the molecule is CC1([C@H](OC(N)=O)C(=O)N2C[C@H]3[C@@H]([C@H]2C(=O)N[C@@H](C[C@@H]2CCNC2=O)C(N)=O)C3(C)C)CCCC1. The van der Waals surface area contributed by atoms with E-state index in [0.717, 1.165) is 12.8 Å². The zero-order valence-electron chi connectivity index (χ0n) is 20.7. The number of ether oxygens (including phenoxy) is 1. The number of nitrogens with one attached hydrogen (secondary N) is 2. The van der Waals surface area contributed by atoms with Crippen molar-refractivity contribution in [3.63, 3.8) is 0 Å². The molecule has 6 atom stereocenters. The van der Waals surface area contributed by atoms with Crippen molar-refractivity contribution in [3.8, 4) is 0 Å². The summed E-state index contributed by atoms with van der Waals surface area (Å²) >= 11 is 0. The number of carbonyl (C=O) groups is 5. The first kappa shape index (κ1) is 25.2. The summed E-state index contributed by atoms with van der Waals surface area (Å²) in [6, 6.07) is -1.86. The van der Waals surface area contributed by atoms with E-state index < -0.39 is 53.3 Å². The molecule has 194 valence electrons. The molecule has 0 spiro atoms. The van der Waals surface area contributed by atoms with Crippen molar-refractivity contribution >= 4 is 29.7 Å². The van der Waals surface area contributed by atoms with E-state index in [0.29, 0.717) is 32.4 Å². The Morgan fingerprint density at radius 3 is 2.37 bits per heavy atom. The van der Waals surface area contributed by atoms with Gasteiger partial charge in [-0.25, -0.2) is 4.79 Å². The number of rotatable bonds is 8. The molecule has 0 bridgehead atoms. The van der Waals surface area contributed by atoms with Crippen LogP contribution < -0.4 is 22.1 Å². The Kier molecular flexibility index (Phi) is 6.48. The maximum absolute atomic E-state index is 13.8. The summed E-state index contributed by atoms with van der Waals surface area (Å²) in [5, 5.41) is 5.44. The van der Waals surface area contributed by atoms with E-state index in [9.17, 15) is 24.0 Å². The first-order valence-corrected chi connectivity index (χ1v) is 12.5. The Morgan fingerprint density at radius 2 is 1.83 bits per heavy atom. The predicted octanol–water partition coefficient (Wildman–Crippen LogP) is 0.00990. The highest BCUT2D eigenvalue weighted by Crippen LogP contribution is 2.65. The number of hydrogen-bond acceptors (Lipinski definition) is 6. The lowest BCUT2D eigenvalue weighted by atomic mass is 9.81. The highest BCUT2D eigenvalue weighted by atomic mass is 16.6. The highest BCUT2D eigenvalue weighted by Gasteiger charge is 2.70. The molecule has 4 aliphatic rings. The average molecular weight is 492 g/mol. The summed E-state index contributed by atoms with van der Waals surface area (Å²) in [4.78, 5) is 64.7. The van der Waals surface area contributed by atoms with Gasteiger partial charge in [0.15, 0.2) is 6.10 Å². The van der Waals surface area contributed by atoms with Gasteiger partial charge < -0.3 is 31.7 Å². The van der Waals surface area contributed by atoms with Crippen LogP contribution in [0.2, 0.25) is 0 Å². The summed E-state index contributed by atoms with van der Waals surface area (Å²) in [6.07, 6.45) is 1.84. The van der Waals surface area contributed by atoms with Crippen molar-refractivity contribution in [3.05, 3.63) is 0 Å². The maximum Gasteiger partial charge on any atom is 0.405 e. The molecule has 0 unspecified atom stereocenters. The van der Waals surface area contributed by atoms with E-state index in [1.807, 2.05) is 6.92 Å². The molecular weight excluding hydrogens is 454 g/mol. The largest absolute Gasteiger partial charge is 0.436 e. The van der Waals surface area contributed by atoms with Gasteiger partial charge in [0.25, 0.3) is 5.91 Å². The second-order valence-corrected chi connectivity index (χ2v) is 11.5. The lowest BCUT2D eigenvalue weighted by molar-refractivity contribution is -0.153. The number of piperidine rings is 1. The first-order chi connectivity index (χ1) is 16.4. The van der Waals surface area contributed by atoms with Crippen LogP contribution in [0.5, 0.6) is 0 Å². The third kappa shape index (κ3) is 4.56. The molecule has 6 N–H and O–H groups in total. The average Bonchev–Trinajstić information content (AvgIpc) is 3.29. The third-order valence-electron chi connectivity index (χ3n) is 8.94. The van der Waals surface area contributed by atoms with Crippen molar-refractivity contribution in [2.45, 2.75) is 77.5 Å². The summed E-state index contributed by atoms with van der Waals surface area (Å²) in [7, 11) is 0. The van der Waals surface area contributed by atoms with Gasteiger partial charge in [0.05, 0.1) is 0 Å². The number of nitrogens with zero attached hydrogens (tertiary/aromatic N) is 1. The molecule has 11 nitrogen and oxygen atoms in total. The lowest BCUT2D eigenvalue weighted by Gasteiger charge is -2.38. The van der Waals surface area contributed by atoms with Gasteiger partial charge in [-0.3, -0.25) is 19.2 Å². The normalized spacial score (nSPS) is 31.7. The minimum Gasteiger partial charge on any atom is -0.436 e. The van der Waals surface area contributed by atoms with E-state index in [4.69, 9.17) is 16.2 Å². The van der Waals surface area contributed by atoms with Gasteiger partial charge in [-0.05, 0) is 42.9 Å². The van der Waals surface area contributed by atoms with Crippen LogP contribution >= 0.6 is 0 Å². The number of fused-ring (bicyclic) bond motifs is 1. The number of hydrogen-bond donors (Lipinski definition) is 4. The Labute approximate surface area is 205 Å². The Hall–Kier alpha value is -2.85. The van der Waals surface area contributed by atoms with Crippen molar-refractivity contribution in [1.82, 2.24) is 15.5 Å². The van der Waals surface area contributed by atoms with Crippen LogP contribution in [0, 0.1) is 28.6 Å². The number of likely N-dealkylation sites (tertiary alicyclic amines) is 1. The van der Waals surface area contributed by atoms with Gasteiger partial charge in [0, 0.05) is 24.4 Å². The van der Waals surface area contributed by atoms with E-state index in [-0.39, 0.29) is 29.6 Å². The number of nitrogens with two attached hydrogens (primary N) is 2. The molecule has 0 aromatic carbocycles. The molecule has 4 rings (SSSR count). The zero-order chi connectivity index (χ0) is 25.7. The number of amides is 5. The molecule has 0 aromatic rings. The summed E-state index contributed by atoms with van der Waals surface area (Å²) < 4.78 is 5.36. The number of carbonyl (C=O) groups excluding carboxylic acids is 5. The van der Waals surface area contributed by atoms with Crippen LogP contribution in [0.1, 0.15) is 59.3 Å². The van der Waals surface area contributed by atoms with Gasteiger partial charge in [-0.2, -0.15) is 0 Å². The molecule has 35 heavy (non-hydrogen) atoms. The highest BCUT2D eigenvalue weighted by molar-refractivity contribution is 5.95. The van der Waals surface area contributed by atoms with E-state index in [2.05, 4.69) is 24.5 Å². The van der Waals surface area contributed by atoms with Gasteiger partial charge >= 0.3 is 6.09 Å². The van der Waals surface area contributed by atoms with E-state index >= 15 is 0 Å². The molecule has 4 fully saturated rings. The lowest BCUT2D eigenvalue weighted by Crippen LogP contribution is -2.58. The van der Waals surface area contributed by atoms with Crippen LogP contribution in [0.3, 0.4) is 0 Å². The molecule has 5 amide bonds. The minimum absolute atomic E-state index is 0.0969. The Bertz CT molecular complexity index is 929. The molecule has 2 aliphatic carbocycles. The number of primary amides is 2. The fourth-order valence-electron chi connectivity index (χ4n) is 6.67. The van der Waals surface area contributed by atoms with E-state index in [1.54, 1.807) is 0 Å².